The molecule has 1 heterocycles. The molecule has 0 aromatic carbocycles. The average Bonchev–Trinajstić information content (AvgIpc) is 2.22. The summed E-state index contributed by atoms with van der Waals surface area (Å²) in [6, 6.07) is 2.30. The van der Waals surface area contributed by atoms with E-state index in [4.69, 9.17) is 0 Å². The Labute approximate surface area is 91.8 Å². The van der Waals surface area contributed by atoms with Gasteiger partial charge in [-0.15, -0.1) is 0 Å². The fourth-order valence-electron chi connectivity index (χ4n) is 1.05. The molecule has 3 nitrogen and oxygen atoms in total. The van der Waals surface area contributed by atoms with E-state index in [-0.39, 0.29) is 12.0 Å². The summed E-state index contributed by atoms with van der Waals surface area (Å²) in [4.78, 5) is 13.9. The van der Waals surface area contributed by atoms with Crippen LogP contribution in [0, 0.1) is 11.9 Å². The maximum absolute atomic E-state index is 13.0. The second kappa shape index (κ2) is 5.95. The number of nitrogens with zero attached hydrogens (tertiary/aromatic N) is 1. The summed E-state index contributed by atoms with van der Waals surface area (Å²) in [7, 11) is 0. The number of carbonyl (C=O) groups is 1. The molecule has 0 fully saturated rings. The van der Waals surface area contributed by atoms with E-state index in [1.54, 1.807) is 6.92 Å². The number of esters is 1. The Morgan fingerprint density at radius 1 is 1.50 bits per heavy atom. The standard InChI is InChI=1S/C11H11F2NO2/c1-2-16-10(15)5-3-4-8-6-7-9(12)14-11(8)13/h3-4,6-7H,2,5H2,1H3. The molecular weight excluding hydrogens is 216 g/mol. The molecular formula is C11H11F2NO2. The number of halogens is 2. The third-order valence-electron chi connectivity index (χ3n) is 1.73. The molecule has 0 unspecified atom stereocenters. The highest BCUT2D eigenvalue weighted by atomic mass is 19.1. The number of hydrogen-bond acceptors (Lipinski definition) is 3. The third-order valence-corrected chi connectivity index (χ3v) is 1.73. The lowest BCUT2D eigenvalue weighted by molar-refractivity contribution is -0.142. The average molecular weight is 227 g/mol. The molecule has 0 saturated carbocycles. The quantitative estimate of drug-likeness (QED) is 0.585. The lowest BCUT2D eigenvalue weighted by Crippen LogP contribution is -2.01. The summed E-state index contributed by atoms with van der Waals surface area (Å²) < 4.78 is 30.1. The smallest absolute Gasteiger partial charge is 0.309 e. The lowest BCUT2D eigenvalue weighted by Gasteiger charge is -1.97. The molecule has 0 saturated heterocycles. The molecule has 0 bridgehead atoms. The maximum Gasteiger partial charge on any atom is 0.309 e. The molecule has 0 aliphatic carbocycles. The van der Waals surface area contributed by atoms with Crippen molar-refractivity contribution in [3.05, 3.63) is 35.7 Å². The summed E-state index contributed by atoms with van der Waals surface area (Å²) in [6.45, 7) is 2.00. The first-order valence-corrected chi connectivity index (χ1v) is 4.77. The zero-order valence-corrected chi connectivity index (χ0v) is 8.74. The highest BCUT2D eigenvalue weighted by Gasteiger charge is 2.02. The van der Waals surface area contributed by atoms with E-state index in [9.17, 15) is 13.6 Å². The molecule has 0 atom stereocenters. The van der Waals surface area contributed by atoms with Crippen LogP contribution in [0.1, 0.15) is 18.9 Å². The lowest BCUT2D eigenvalue weighted by atomic mass is 10.2. The van der Waals surface area contributed by atoms with Crippen LogP contribution in [0.3, 0.4) is 0 Å². The number of ether oxygens (including phenoxy) is 1. The van der Waals surface area contributed by atoms with Gasteiger partial charge in [-0.25, -0.2) is 0 Å². The highest BCUT2D eigenvalue weighted by molar-refractivity contribution is 5.72. The van der Waals surface area contributed by atoms with Crippen molar-refractivity contribution >= 4 is 12.0 Å². The molecule has 0 aliphatic heterocycles. The van der Waals surface area contributed by atoms with E-state index in [1.807, 2.05) is 0 Å². The molecule has 0 radical (unpaired) electrons. The van der Waals surface area contributed by atoms with Crippen molar-refractivity contribution in [2.75, 3.05) is 6.61 Å². The molecule has 16 heavy (non-hydrogen) atoms. The Morgan fingerprint density at radius 2 is 2.25 bits per heavy atom. The van der Waals surface area contributed by atoms with Gasteiger partial charge < -0.3 is 4.74 Å². The summed E-state index contributed by atoms with van der Waals surface area (Å²) in [5.41, 5.74) is 0.130. The molecule has 0 aliphatic rings. The van der Waals surface area contributed by atoms with Crippen LogP contribution in [0.25, 0.3) is 6.08 Å². The monoisotopic (exact) mass is 227 g/mol. The van der Waals surface area contributed by atoms with Gasteiger partial charge >= 0.3 is 5.97 Å². The van der Waals surface area contributed by atoms with Gasteiger partial charge in [0.05, 0.1) is 13.0 Å². The Kier molecular flexibility index (Phi) is 4.57. The minimum Gasteiger partial charge on any atom is -0.466 e. The van der Waals surface area contributed by atoms with Crippen molar-refractivity contribution < 1.29 is 18.3 Å². The van der Waals surface area contributed by atoms with Crippen LogP contribution < -0.4 is 0 Å². The van der Waals surface area contributed by atoms with Crippen molar-refractivity contribution in [2.24, 2.45) is 0 Å². The van der Waals surface area contributed by atoms with E-state index in [1.165, 1.54) is 18.2 Å². The molecule has 86 valence electrons. The second-order valence-electron chi connectivity index (χ2n) is 2.93. The number of rotatable bonds is 4. The summed E-state index contributed by atoms with van der Waals surface area (Å²) in [5.74, 6) is -2.17. The SMILES string of the molecule is CCOC(=O)CC=Cc1ccc(F)nc1F. The van der Waals surface area contributed by atoms with E-state index < -0.39 is 17.9 Å². The normalized spacial score (nSPS) is 10.7. The van der Waals surface area contributed by atoms with Gasteiger partial charge in [0.25, 0.3) is 0 Å². The molecule has 1 aromatic rings. The first-order chi connectivity index (χ1) is 7.63. The van der Waals surface area contributed by atoms with Crippen molar-refractivity contribution in [3.63, 3.8) is 0 Å². The van der Waals surface area contributed by atoms with Gasteiger partial charge in [0.2, 0.25) is 11.9 Å². The first kappa shape index (κ1) is 12.3. The number of carbonyl (C=O) groups excluding carboxylic acids is 1. The topological polar surface area (TPSA) is 39.2 Å². The van der Waals surface area contributed by atoms with Crippen molar-refractivity contribution in [1.82, 2.24) is 4.98 Å². The van der Waals surface area contributed by atoms with Gasteiger partial charge in [-0.2, -0.15) is 13.8 Å². The first-order valence-electron chi connectivity index (χ1n) is 4.77. The molecule has 5 heteroatoms. The van der Waals surface area contributed by atoms with E-state index in [2.05, 4.69) is 9.72 Å². The van der Waals surface area contributed by atoms with Gasteiger partial charge in [0.1, 0.15) is 0 Å². The second-order valence-corrected chi connectivity index (χ2v) is 2.93. The van der Waals surface area contributed by atoms with Gasteiger partial charge in [-0.1, -0.05) is 12.2 Å². The van der Waals surface area contributed by atoms with Crippen LogP contribution in [0.2, 0.25) is 0 Å². The van der Waals surface area contributed by atoms with E-state index >= 15 is 0 Å². The van der Waals surface area contributed by atoms with E-state index in [0.717, 1.165) is 6.07 Å². The number of hydrogen-bond donors (Lipinski definition) is 0. The molecule has 0 spiro atoms. The molecule has 1 rings (SSSR count). The molecule has 0 amide bonds. The zero-order valence-electron chi connectivity index (χ0n) is 8.74. The van der Waals surface area contributed by atoms with Crippen LogP contribution in [-0.4, -0.2) is 17.6 Å². The van der Waals surface area contributed by atoms with Gasteiger partial charge in [-0.05, 0) is 19.1 Å². The Balaban J connectivity index is 2.59. The predicted molar refractivity (Wildman–Crippen MR) is 54.4 cm³/mol. The van der Waals surface area contributed by atoms with Crippen LogP contribution in [0.4, 0.5) is 8.78 Å². The third kappa shape index (κ3) is 3.76. The van der Waals surface area contributed by atoms with Crippen LogP contribution in [0.15, 0.2) is 18.2 Å². The van der Waals surface area contributed by atoms with Crippen LogP contribution in [0.5, 0.6) is 0 Å². The minimum atomic E-state index is -0.903. The summed E-state index contributed by atoms with van der Waals surface area (Å²) >= 11 is 0. The maximum atomic E-state index is 13.0. The van der Waals surface area contributed by atoms with Crippen molar-refractivity contribution in [3.8, 4) is 0 Å². The molecule has 1 aromatic heterocycles. The Hall–Kier alpha value is -1.78. The van der Waals surface area contributed by atoms with Crippen LogP contribution in [-0.2, 0) is 9.53 Å². The highest BCUT2D eigenvalue weighted by Crippen LogP contribution is 2.08. The Bertz CT molecular complexity index is 405. The van der Waals surface area contributed by atoms with E-state index in [0.29, 0.717) is 6.61 Å². The number of aromatic nitrogens is 1. The summed E-state index contributed by atoms with van der Waals surface area (Å²) in [5, 5.41) is 0. The zero-order chi connectivity index (χ0) is 12.0. The van der Waals surface area contributed by atoms with Gasteiger partial charge in [-0.3, -0.25) is 4.79 Å². The fourth-order valence-corrected chi connectivity index (χ4v) is 1.05. The van der Waals surface area contributed by atoms with Gasteiger partial charge in [0, 0.05) is 5.56 Å². The van der Waals surface area contributed by atoms with Crippen molar-refractivity contribution in [1.29, 1.82) is 0 Å². The van der Waals surface area contributed by atoms with Crippen LogP contribution >= 0.6 is 0 Å². The number of pyridine rings is 1. The largest absolute Gasteiger partial charge is 0.466 e. The predicted octanol–water partition coefficient (Wildman–Crippen LogP) is 2.33. The van der Waals surface area contributed by atoms with Crippen molar-refractivity contribution in [2.45, 2.75) is 13.3 Å². The summed E-state index contributed by atoms with van der Waals surface area (Å²) in [6.07, 6.45) is 2.85. The molecule has 0 N–H and O–H groups in total. The Morgan fingerprint density at radius 3 is 2.88 bits per heavy atom. The minimum absolute atomic E-state index is 0.0463. The fraction of sp³-hybridized carbons (Fsp3) is 0.273. The van der Waals surface area contributed by atoms with Gasteiger partial charge in [0.15, 0.2) is 0 Å².